The molecule has 236 valence electrons. The van der Waals surface area contributed by atoms with Crippen LogP contribution in [-0.4, -0.2) is 52.5 Å². The van der Waals surface area contributed by atoms with E-state index in [0.717, 1.165) is 19.3 Å². The maximum atomic E-state index is 15.1. The molecule has 1 fully saturated rings. The maximum Gasteiger partial charge on any atom is 0.228 e. The van der Waals surface area contributed by atoms with E-state index in [0.29, 0.717) is 39.1 Å². The molecule has 1 amide bonds. The molecule has 0 radical (unpaired) electrons. The molecule has 0 bridgehead atoms. The summed E-state index contributed by atoms with van der Waals surface area (Å²) < 4.78 is 44.8. The molecular formula is C34H31ClF3N7O. The molecule has 2 atom stereocenters. The molecule has 2 unspecified atom stereocenters. The van der Waals surface area contributed by atoms with E-state index in [1.165, 1.54) is 24.3 Å². The van der Waals surface area contributed by atoms with Crippen molar-refractivity contribution in [3.05, 3.63) is 106 Å². The van der Waals surface area contributed by atoms with Gasteiger partial charge in [-0.3, -0.25) is 15.2 Å². The molecule has 2 heterocycles. The molecule has 1 aromatic heterocycles. The van der Waals surface area contributed by atoms with Crippen LogP contribution in [-0.2, 0) is 17.8 Å². The minimum atomic E-state index is -0.751. The van der Waals surface area contributed by atoms with Gasteiger partial charge in [0.05, 0.1) is 23.5 Å². The van der Waals surface area contributed by atoms with Crippen molar-refractivity contribution in [1.29, 1.82) is 5.41 Å². The second-order valence-corrected chi connectivity index (χ2v) is 12.2. The molecule has 4 aromatic rings. The molecule has 46 heavy (non-hydrogen) atoms. The number of rotatable bonds is 7. The van der Waals surface area contributed by atoms with Crippen LogP contribution in [0.1, 0.15) is 41.5 Å². The highest BCUT2D eigenvalue weighted by molar-refractivity contribution is 6.31. The summed E-state index contributed by atoms with van der Waals surface area (Å²) in [5.41, 5.74) is 2.56. The number of aliphatic imine (C=N–C) groups is 1. The molecule has 12 heteroatoms. The Hall–Kier alpha value is -4.61. The monoisotopic (exact) mass is 645 g/mol. The summed E-state index contributed by atoms with van der Waals surface area (Å²) in [6, 6.07) is 13.4. The lowest BCUT2D eigenvalue weighted by Gasteiger charge is -2.18. The van der Waals surface area contributed by atoms with E-state index in [9.17, 15) is 13.6 Å². The highest BCUT2D eigenvalue weighted by Gasteiger charge is 2.31. The van der Waals surface area contributed by atoms with Gasteiger partial charge in [0.2, 0.25) is 11.9 Å². The van der Waals surface area contributed by atoms with Crippen molar-refractivity contribution in [2.24, 2.45) is 10.9 Å². The number of carbonyl (C=O) groups excluding carboxylic acids is 1. The minimum absolute atomic E-state index is 0.0633. The second-order valence-electron chi connectivity index (χ2n) is 11.7. The van der Waals surface area contributed by atoms with E-state index >= 15 is 4.39 Å². The van der Waals surface area contributed by atoms with Gasteiger partial charge in [0.25, 0.3) is 0 Å². The number of anilines is 2. The molecule has 6 rings (SSSR count). The molecule has 3 aromatic carbocycles. The quantitative estimate of drug-likeness (QED) is 0.154. The minimum Gasteiger partial charge on any atom is -0.324 e. The van der Waals surface area contributed by atoms with Gasteiger partial charge < -0.3 is 15.5 Å². The van der Waals surface area contributed by atoms with E-state index in [1.54, 1.807) is 36.5 Å². The number of halogens is 4. The predicted molar refractivity (Wildman–Crippen MR) is 172 cm³/mol. The first-order valence-electron chi connectivity index (χ1n) is 14.8. The summed E-state index contributed by atoms with van der Waals surface area (Å²) in [5.74, 6) is -2.32. The van der Waals surface area contributed by atoms with Gasteiger partial charge in [0.1, 0.15) is 23.3 Å². The lowest BCUT2D eigenvalue weighted by Crippen LogP contribution is -2.36. The van der Waals surface area contributed by atoms with Crippen molar-refractivity contribution >= 4 is 40.7 Å². The highest BCUT2D eigenvalue weighted by atomic mass is 35.5. The van der Waals surface area contributed by atoms with Gasteiger partial charge in [-0.2, -0.15) is 0 Å². The second kappa shape index (κ2) is 13.0. The molecule has 1 aliphatic carbocycles. The molecule has 8 nitrogen and oxygen atoms in total. The van der Waals surface area contributed by atoms with Crippen LogP contribution in [0.4, 0.5) is 24.8 Å². The third-order valence-corrected chi connectivity index (χ3v) is 8.66. The number of amides is 1. The Labute approximate surface area is 269 Å². The van der Waals surface area contributed by atoms with E-state index in [-0.39, 0.29) is 53.4 Å². The van der Waals surface area contributed by atoms with Crippen molar-refractivity contribution in [3.63, 3.8) is 0 Å². The first-order valence-corrected chi connectivity index (χ1v) is 15.2. The van der Waals surface area contributed by atoms with Crippen LogP contribution in [0.2, 0.25) is 5.02 Å². The number of aromatic nitrogens is 2. The Bertz CT molecular complexity index is 1860. The van der Waals surface area contributed by atoms with Crippen molar-refractivity contribution in [2.75, 3.05) is 19.4 Å². The fourth-order valence-corrected chi connectivity index (χ4v) is 6.14. The first-order chi connectivity index (χ1) is 22.1. The Morgan fingerprint density at radius 2 is 1.80 bits per heavy atom. The zero-order valence-corrected chi connectivity index (χ0v) is 25.9. The average Bonchev–Trinajstić information content (AvgIpc) is 3.46. The first kappa shape index (κ1) is 31.4. The Kier molecular flexibility index (Phi) is 8.88. The third-order valence-electron chi connectivity index (χ3n) is 8.42. The van der Waals surface area contributed by atoms with Gasteiger partial charge in [-0.1, -0.05) is 29.8 Å². The fourth-order valence-electron chi connectivity index (χ4n) is 5.97. The summed E-state index contributed by atoms with van der Waals surface area (Å²) >= 11 is 6.30. The SMILES string of the molecule is CN(C)C1CCC(C(=O)NC(=N)Cc2ccc(Nc3ncc4c(n3)-c3ccc(Cl)cc3C(c3c(F)cccc3F)=NC4)cc2F)C1. The summed E-state index contributed by atoms with van der Waals surface area (Å²) in [5, 5.41) is 14.3. The van der Waals surface area contributed by atoms with E-state index in [1.807, 2.05) is 14.1 Å². The standard InChI is InChI=1S/C34H31ClF3N7O/c1-45(2)23-10-7-19(12-23)33(46)43-29(39)13-18-6-9-22(15-28(18)38)42-34-41-17-20-16-40-32(30-26(36)4-3-5-27(30)37)25-14-21(35)8-11-24(25)31(20)44-34/h3-6,8-9,11,14-15,17,19,23H,7,10,12-13,16H2,1-2H3,(H2,39,43,46)(H,41,42,44). The number of fused-ring (bicyclic) bond motifs is 3. The van der Waals surface area contributed by atoms with Crippen LogP contribution < -0.4 is 10.6 Å². The number of nitrogens with zero attached hydrogens (tertiary/aromatic N) is 4. The van der Waals surface area contributed by atoms with Gasteiger partial charge in [-0.25, -0.2) is 23.1 Å². The number of amidine groups is 1. The Balaban J connectivity index is 1.19. The van der Waals surface area contributed by atoms with Gasteiger partial charge in [0, 0.05) is 52.0 Å². The van der Waals surface area contributed by atoms with Crippen LogP contribution in [0.15, 0.2) is 65.8 Å². The van der Waals surface area contributed by atoms with E-state index in [4.69, 9.17) is 17.0 Å². The largest absolute Gasteiger partial charge is 0.324 e. The summed E-state index contributed by atoms with van der Waals surface area (Å²) in [4.78, 5) is 28.3. The fraction of sp³-hybridized carbons (Fsp3) is 0.265. The van der Waals surface area contributed by atoms with Gasteiger partial charge in [-0.05, 0) is 75.3 Å². The Morgan fingerprint density at radius 1 is 1.02 bits per heavy atom. The lowest BCUT2D eigenvalue weighted by atomic mass is 9.95. The molecule has 2 aliphatic rings. The van der Waals surface area contributed by atoms with E-state index < -0.39 is 17.5 Å². The van der Waals surface area contributed by atoms with Crippen molar-refractivity contribution in [2.45, 2.75) is 38.3 Å². The number of nitrogens with one attached hydrogen (secondary N) is 3. The average molecular weight is 646 g/mol. The van der Waals surface area contributed by atoms with Crippen molar-refractivity contribution in [1.82, 2.24) is 20.2 Å². The molecule has 0 saturated heterocycles. The van der Waals surface area contributed by atoms with Crippen LogP contribution >= 0.6 is 11.6 Å². The molecule has 3 N–H and O–H groups in total. The number of hydrogen-bond donors (Lipinski definition) is 3. The van der Waals surface area contributed by atoms with Crippen molar-refractivity contribution < 1.29 is 18.0 Å². The molecule has 1 aliphatic heterocycles. The zero-order chi connectivity index (χ0) is 32.5. The smallest absolute Gasteiger partial charge is 0.228 e. The van der Waals surface area contributed by atoms with Crippen LogP contribution in [0, 0.1) is 28.8 Å². The van der Waals surface area contributed by atoms with E-state index in [2.05, 4.69) is 30.5 Å². The van der Waals surface area contributed by atoms with Gasteiger partial charge in [-0.15, -0.1) is 0 Å². The summed E-state index contributed by atoms with van der Waals surface area (Å²) in [7, 11) is 3.98. The third kappa shape index (κ3) is 6.52. The predicted octanol–water partition coefficient (Wildman–Crippen LogP) is 6.68. The van der Waals surface area contributed by atoms with Gasteiger partial charge >= 0.3 is 0 Å². The molecule has 0 spiro atoms. The number of hydrogen-bond acceptors (Lipinski definition) is 7. The zero-order valence-electron chi connectivity index (χ0n) is 25.2. The number of carbonyl (C=O) groups is 1. The normalized spacial score (nSPS) is 17.2. The maximum absolute atomic E-state index is 15.1. The molecular weight excluding hydrogens is 615 g/mol. The van der Waals surface area contributed by atoms with Crippen LogP contribution in [0.3, 0.4) is 0 Å². The van der Waals surface area contributed by atoms with Gasteiger partial charge in [0.15, 0.2) is 0 Å². The van der Waals surface area contributed by atoms with Crippen LogP contribution in [0.25, 0.3) is 11.3 Å². The topological polar surface area (TPSA) is 106 Å². The molecule has 1 saturated carbocycles. The van der Waals surface area contributed by atoms with Crippen LogP contribution in [0.5, 0.6) is 0 Å². The summed E-state index contributed by atoms with van der Waals surface area (Å²) in [6.07, 6.45) is 3.93. The lowest BCUT2D eigenvalue weighted by molar-refractivity contribution is -0.123. The Morgan fingerprint density at radius 3 is 2.52 bits per heavy atom. The highest BCUT2D eigenvalue weighted by Crippen LogP contribution is 2.35. The summed E-state index contributed by atoms with van der Waals surface area (Å²) in [6.45, 7) is 0.0633. The number of benzene rings is 3. The van der Waals surface area contributed by atoms with Crippen molar-refractivity contribution in [3.8, 4) is 11.3 Å².